The summed E-state index contributed by atoms with van der Waals surface area (Å²) in [6, 6.07) is 7.95. The van der Waals surface area contributed by atoms with Crippen LogP contribution in [0.1, 0.15) is 16.7 Å². The average molecular weight is 275 g/mol. The topological polar surface area (TPSA) is 18.5 Å². The highest BCUT2D eigenvalue weighted by molar-refractivity contribution is 5.30. The zero-order chi connectivity index (χ0) is 14.7. The van der Waals surface area contributed by atoms with Gasteiger partial charge in [-0.1, -0.05) is 18.2 Å². The van der Waals surface area contributed by atoms with E-state index in [4.69, 9.17) is 0 Å². The molecule has 2 rings (SSSR count). The summed E-state index contributed by atoms with van der Waals surface area (Å²) in [7, 11) is 6.57. The Morgan fingerprint density at radius 2 is 1.95 bits per heavy atom. The van der Waals surface area contributed by atoms with Crippen LogP contribution in [0.4, 0.5) is 0 Å². The fraction of sp³-hybridized carbons (Fsp3) is 0.647. The van der Waals surface area contributed by atoms with Gasteiger partial charge < -0.3 is 10.2 Å². The minimum Gasteiger partial charge on any atom is -0.315 e. The molecule has 1 saturated heterocycles. The molecular weight excluding hydrogens is 246 g/mol. The van der Waals surface area contributed by atoms with Crippen LogP contribution in [-0.2, 0) is 6.42 Å². The van der Waals surface area contributed by atoms with E-state index in [1.165, 1.54) is 23.2 Å². The molecular formula is C17H29N3. The fourth-order valence-electron chi connectivity index (χ4n) is 3.09. The van der Waals surface area contributed by atoms with Crippen molar-refractivity contribution in [2.75, 3.05) is 40.8 Å². The van der Waals surface area contributed by atoms with Gasteiger partial charge in [0.2, 0.25) is 0 Å². The number of nitrogens with one attached hydrogen (secondary N) is 1. The lowest BCUT2D eigenvalue weighted by Crippen LogP contribution is -2.58. The lowest BCUT2D eigenvalue weighted by molar-refractivity contribution is 0.0897. The van der Waals surface area contributed by atoms with Crippen LogP contribution in [-0.4, -0.2) is 62.7 Å². The monoisotopic (exact) mass is 275 g/mol. The summed E-state index contributed by atoms with van der Waals surface area (Å²) in [5.41, 5.74) is 4.21. The van der Waals surface area contributed by atoms with Crippen LogP contribution in [0.15, 0.2) is 18.2 Å². The van der Waals surface area contributed by atoms with E-state index in [0.29, 0.717) is 12.1 Å². The maximum atomic E-state index is 3.54. The Kier molecular flexibility index (Phi) is 5.19. The molecule has 3 nitrogen and oxygen atoms in total. The summed E-state index contributed by atoms with van der Waals surface area (Å²) in [4.78, 5) is 4.94. The second-order valence-corrected chi connectivity index (χ2v) is 6.33. The number of benzene rings is 1. The summed E-state index contributed by atoms with van der Waals surface area (Å²) in [6.45, 7) is 7.86. The van der Waals surface area contributed by atoms with Gasteiger partial charge in [0.25, 0.3) is 0 Å². The van der Waals surface area contributed by atoms with Crippen molar-refractivity contribution in [2.45, 2.75) is 32.4 Å². The Hall–Kier alpha value is -0.900. The van der Waals surface area contributed by atoms with Crippen LogP contribution in [0.25, 0.3) is 0 Å². The van der Waals surface area contributed by atoms with Crippen LogP contribution in [0, 0.1) is 13.8 Å². The van der Waals surface area contributed by atoms with Crippen LogP contribution in [0.5, 0.6) is 0 Å². The average Bonchev–Trinajstić information content (AvgIpc) is 2.43. The van der Waals surface area contributed by atoms with E-state index >= 15 is 0 Å². The van der Waals surface area contributed by atoms with E-state index < -0.39 is 0 Å². The second-order valence-electron chi connectivity index (χ2n) is 6.33. The molecule has 3 heteroatoms. The molecule has 1 heterocycles. The van der Waals surface area contributed by atoms with E-state index in [1.807, 2.05) is 0 Å². The smallest absolute Gasteiger partial charge is 0.0377 e. The van der Waals surface area contributed by atoms with E-state index in [0.717, 1.165) is 19.5 Å². The molecule has 2 atom stereocenters. The van der Waals surface area contributed by atoms with Crippen molar-refractivity contribution < 1.29 is 0 Å². The Balaban J connectivity index is 2.09. The summed E-state index contributed by atoms with van der Waals surface area (Å²) in [5, 5.41) is 3.54. The van der Waals surface area contributed by atoms with Crippen molar-refractivity contribution in [1.82, 2.24) is 15.1 Å². The van der Waals surface area contributed by atoms with Gasteiger partial charge in [-0.15, -0.1) is 0 Å². The first kappa shape index (κ1) is 15.5. The van der Waals surface area contributed by atoms with Gasteiger partial charge in [-0.25, -0.2) is 0 Å². The zero-order valence-electron chi connectivity index (χ0n) is 13.6. The quantitative estimate of drug-likeness (QED) is 0.902. The minimum absolute atomic E-state index is 0.504. The van der Waals surface area contributed by atoms with Gasteiger partial charge in [-0.3, -0.25) is 4.90 Å². The third-order valence-corrected chi connectivity index (χ3v) is 4.76. The largest absolute Gasteiger partial charge is 0.315 e. The van der Waals surface area contributed by atoms with Gasteiger partial charge in [0.05, 0.1) is 0 Å². The molecule has 112 valence electrons. The highest BCUT2D eigenvalue weighted by atomic mass is 15.3. The standard InChI is InChI=1S/C17H29N3/c1-13-6-7-15(10-14(13)2)11-16(18-3)17-12-19(4)8-9-20(17)5/h6-7,10,16-18H,8-9,11-12H2,1-5H3. The van der Waals surface area contributed by atoms with Gasteiger partial charge in [0.15, 0.2) is 0 Å². The van der Waals surface area contributed by atoms with Crippen molar-refractivity contribution in [3.63, 3.8) is 0 Å². The Labute approximate surface area is 124 Å². The van der Waals surface area contributed by atoms with Crippen molar-refractivity contribution in [3.8, 4) is 0 Å². The summed E-state index contributed by atoms with van der Waals surface area (Å²) in [5.74, 6) is 0. The van der Waals surface area contributed by atoms with Gasteiger partial charge in [-0.05, 0) is 58.1 Å². The van der Waals surface area contributed by atoms with Gasteiger partial charge >= 0.3 is 0 Å². The predicted molar refractivity (Wildman–Crippen MR) is 86.4 cm³/mol. The first-order chi connectivity index (χ1) is 9.51. The number of rotatable bonds is 4. The third-order valence-electron chi connectivity index (χ3n) is 4.76. The number of hydrogen-bond donors (Lipinski definition) is 1. The Morgan fingerprint density at radius 3 is 2.60 bits per heavy atom. The number of nitrogens with zero attached hydrogens (tertiary/aromatic N) is 2. The molecule has 0 radical (unpaired) electrons. The molecule has 1 fully saturated rings. The molecule has 1 N–H and O–H groups in total. The molecule has 0 aromatic heterocycles. The second kappa shape index (κ2) is 6.70. The highest BCUT2D eigenvalue weighted by Crippen LogP contribution is 2.16. The van der Waals surface area contributed by atoms with Crippen molar-refractivity contribution >= 4 is 0 Å². The fourth-order valence-corrected chi connectivity index (χ4v) is 3.09. The van der Waals surface area contributed by atoms with Gasteiger partial charge in [-0.2, -0.15) is 0 Å². The third kappa shape index (κ3) is 3.60. The lowest BCUT2D eigenvalue weighted by atomic mass is 9.95. The molecule has 0 bridgehead atoms. The number of aryl methyl sites for hydroxylation is 2. The van der Waals surface area contributed by atoms with Crippen LogP contribution >= 0.6 is 0 Å². The van der Waals surface area contributed by atoms with Crippen LogP contribution in [0.2, 0.25) is 0 Å². The molecule has 1 aromatic carbocycles. The lowest BCUT2D eigenvalue weighted by Gasteiger charge is -2.42. The molecule has 2 unspecified atom stereocenters. The molecule has 0 saturated carbocycles. The maximum Gasteiger partial charge on any atom is 0.0377 e. The van der Waals surface area contributed by atoms with E-state index in [1.54, 1.807) is 0 Å². The zero-order valence-corrected chi connectivity index (χ0v) is 13.6. The van der Waals surface area contributed by atoms with Crippen molar-refractivity contribution in [1.29, 1.82) is 0 Å². The Bertz CT molecular complexity index is 444. The first-order valence-corrected chi connectivity index (χ1v) is 7.63. The molecule has 1 aliphatic rings. The minimum atomic E-state index is 0.504. The summed E-state index contributed by atoms with van der Waals surface area (Å²) < 4.78 is 0. The predicted octanol–water partition coefficient (Wildman–Crippen LogP) is 1.68. The van der Waals surface area contributed by atoms with Crippen molar-refractivity contribution in [2.24, 2.45) is 0 Å². The number of hydrogen-bond acceptors (Lipinski definition) is 3. The maximum absolute atomic E-state index is 3.54. The van der Waals surface area contributed by atoms with E-state index in [9.17, 15) is 0 Å². The molecule has 20 heavy (non-hydrogen) atoms. The summed E-state index contributed by atoms with van der Waals surface area (Å²) >= 11 is 0. The van der Waals surface area contributed by atoms with E-state index in [2.05, 4.69) is 68.3 Å². The molecule has 0 amide bonds. The van der Waals surface area contributed by atoms with Gasteiger partial charge in [0.1, 0.15) is 0 Å². The van der Waals surface area contributed by atoms with E-state index in [-0.39, 0.29) is 0 Å². The van der Waals surface area contributed by atoms with Crippen molar-refractivity contribution in [3.05, 3.63) is 34.9 Å². The number of likely N-dealkylation sites (N-methyl/N-ethyl adjacent to an activating group) is 3. The molecule has 0 spiro atoms. The van der Waals surface area contributed by atoms with Gasteiger partial charge in [0, 0.05) is 31.7 Å². The van der Waals surface area contributed by atoms with Crippen LogP contribution < -0.4 is 5.32 Å². The normalized spacial score (nSPS) is 22.9. The van der Waals surface area contributed by atoms with Crippen LogP contribution in [0.3, 0.4) is 0 Å². The SMILES string of the molecule is CNC(Cc1ccc(C)c(C)c1)C1CN(C)CCN1C. The highest BCUT2D eigenvalue weighted by Gasteiger charge is 2.28. The Morgan fingerprint density at radius 1 is 1.20 bits per heavy atom. The number of piperazine rings is 1. The summed E-state index contributed by atoms with van der Waals surface area (Å²) in [6.07, 6.45) is 1.10. The molecule has 0 aliphatic carbocycles. The first-order valence-electron chi connectivity index (χ1n) is 7.63. The molecule has 1 aromatic rings. The molecule has 1 aliphatic heterocycles.